The SMILES string of the molecule is COCC(C)(C)NC(=O)c1n[nH]c(C)c1S(N)(=O)=O. The second-order valence-corrected chi connectivity index (χ2v) is 6.34. The van der Waals surface area contributed by atoms with Gasteiger partial charge in [-0.25, -0.2) is 13.6 Å². The van der Waals surface area contributed by atoms with Crippen molar-refractivity contribution >= 4 is 15.9 Å². The molecule has 108 valence electrons. The van der Waals surface area contributed by atoms with Crippen LogP contribution in [0.1, 0.15) is 30.0 Å². The van der Waals surface area contributed by atoms with E-state index in [1.807, 2.05) is 0 Å². The van der Waals surface area contributed by atoms with E-state index in [9.17, 15) is 13.2 Å². The monoisotopic (exact) mass is 290 g/mol. The third-order valence-corrected chi connectivity index (χ3v) is 3.42. The molecule has 0 radical (unpaired) electrons. The summed E-state index contributed by atoms with van der Waals surface area (Å²) in [5, 5.41) is 13.8. The lowest BCUT2D eigenvalue weighted by molar-refractivity contribution is 0.0812. The molecule has 1 aromatic rings. The number of aryl methyl sites for hydroxylation is 1. The van der Waals surface area contributed by atoms with Crippen LogP contribution < -0.4 is 10.5 Å². The molecule has 0 aromatic carbocycles. The molecule has 1 rings (SSSR count). The number of hydrogen-bond acceptors (Lipinski definition) is 5. The summed E-state index contributed by atoms with van der Waals surface area (Å²) in [5.41, 5.74) is -0.685. The number of amides is 1. The summed E-state index contributed by atoms with van der Waals surface area (Å²) in [6.07, 6.45) is 0. The molecule has 0 spiro atoms. The predicted molar refractivity (Wildman–Crippen MR) is 68.1 cm³/mol. The number of hydrogen-bond donors (Lipinski definition) is 3. The van der Waals surface area contributed by atoms with Crippen molar-refractivity contribution in [1.82, 2.24) is 15.5 Å². The van der Waals surface area contributed by atoms with Gasteiger partial charge in [0, 0.05) is 7.11 Å². The first-order valence-electron chi connectivity index (χ1n) is 5.47. The molecule has 0 fully saturated rings. The molecule has 19 heavy (non-hydrogen) atoms. The summed E-state index contributed by atoms with van der Waals surface area (Å²) in [4.78, 5) is 11.8. The molecule has 0 saturated heterocycles. The van der Waals surface area contributed by atoms with E-state index in [0.29, 0.717) is 0 Å². The number of sulfonamides is 1. The van der Waals surface area contributed by atoms with E-state index in [2.05, 4.69) is 15.5 Å². The second-order valence-electron chi connectivity index (χ2n) is 4.84. The molecular formula is C10H18N4O4S. The van der Waals surface area contributed by atoms with E-state index in [-0.39, 0.29) is 22.9 Å². The van der Waals surface area contributed by atoms with Crippen molar-refractivity contribution in [2.45, 2.75) is 31.2 Å². The number of primary sulfonamides is 1. The Morgan fingerprint density at radius 2 is 2.11 bits per heavy atom. The molecule has 1 amide bonds. The molecule has 8 nitrogen and oxygen atoms in total. The molecule has 9 heteroatoms. The second kappa shape index (κ2) is 5.27. The molecule has 0 aliphatic carbocycles. The Morgan fingerprint density at radius 1 is 1.53 bits per heavy atom. The standard InChI is InChI=1S/C10H18N4O4S/c1-6-8(19(11,16)17)7(14-13-6)9(15)12-10(2,3)5-18-4/h5H2,1-4H3,(H,12,15)(H,13,14)(H2,11,16,17). The number of carbonyl (C=O) groups excluding carboxylic acids is 1. The Kier molecular flexibility index (Phi) is 4.33. The van der Waals surface area contributed by atoms with Gasteiger partial charge in [0.2, 0.25) is 10.0 Å². The van der Waals surface area contributed by atoms with E-state index in [1.165, 1.54) is 14.0 Å². The van der Waals surface area contributed by atoms with Crippen LogP contribution in [0.2, 0.25) is 0 Å². The number of nitrogens with two attached hydrogens (primary N) is 1. The van der Waals surface area contributed by atoms with E-state index >= 15 is 0 Å². The lowest BCUT2D eigenvalue weighted by atomic mass is 10.1. The Morgan fingerprint density at radius 3 is 2.58 bits per heavy atom. The molecule has 0 bridgehead atoms. The Bertz CT molecular complexity index is 576. The largest absolute Gasteiger partial charge is 0.382 e. The van der Waals surface area contributed by atoms with Crippen molar-refractivity contribution in [2.75, 3.05) is 13.7 Å². The Balaban J connectivity index is 3.09. The van der Waals surface area contributed by atoms with Crippen LogP contribution in [0, 0.1) is 6.92 Å². The van der Waals surface area contributed by atoms with Crippen LogP contribution >= 0.6 is 0 Å². The van der Waals surface area contributed by atoms with Gasteiger partial charge in [0.1, 0.15) is 4.90 Å². The summed E-state index contributed by atoms with van der Waals surface area (Å²) in [7, 11) is -2.52. The molecular weight excluding hydrogens is 272 g/mol. The third kappa shape index (κ3) is 3.75. The highest BCUT2D eigenvalue weighted by molar-refractivity contribution is 7.89. The summed E-state index contributed by atoms with van der Waals surface area (Å²) in [5.74, 6) is -0.629. The normalized spacial score (nSPS) is 12.5. The van der Waals surface area contributed by atoms with Crippen LogP contribution in [0.15, 0.2) is 4.90 Å². The van der Waals surface area contributed by atoms with Gasteiger partial charge in [-0.15, -0.1) is 0 Å². The number of ether oxygens (including phenoxy) is 1. The van der Waals surface area contributed by atoms with E-state index in [0.717, 1.165) is 0 Å². The summed E-state index contributed by atoms with van der Waals surface area (Å²) >= 11 is 0. The highest BCUT2D eigenvalue weighted by Gasteiger charge is 2.29. The minimum atomic E-state index is -4.02. The van der Waals surface area contributed by atoms with Crippen LogP contribution in [0.5, 0.6) is 0 Å². The minimum absolute atomic E-state index is 0.220. The van der Waals surface area contributed by atoms with Gasteiger partial charge in [0.15, 0.2) is 5.69 Å². The zero-order valence-electron chi connectivity index (χ0n) is 11.3. The van der Waals surface area contributed by atoms with Crippen LogP contribution in [-0.2, 0) is 14.8 Å². The fourth-order valence-electron chi connectivity index (χ4n) is 1.68. The van der Waals surface area contributed by atoms with Gasteiger partial charge in [0.05, 0.1) is 17.8 Å². The first-order chi connectivity index (χ1) is 8.58. The maximum Gasteiger partial charge on any atom is 0.273 e. The highest BCUT2D eigenvalue weighted by Crippen LogP contribution is 2.16. The van der Waals surface area contributed by atoms with Gasteiger partial charge in [-0.1, -0.05) is 0 Å². The maximum atomic E-state index is 12.0. The lowest BCUT2D eigenvalue weighted by Crippen LogP contribution is -2.47. The molecule has 0 atom stereocenters. The van der Waals surface area contributed by atoms with Crippen molar-refractivity contribution in [3.05, 3.63) is 11.4 Å². The summed E-state index contributed by atoms with van der Waals surface area (Å²) in [6.45, 7) is 5.23. The molecule has 1 heterocycles. The van der Waals surface area contributed by atoms with Crippen molar-refractivity contribution in [3.8, 4) is 0 Å². The lowest BCUT2D eigenvalue weighted by Gasteiger charge is -2.24. The van der Waals surface area contributed by atoms with Crippen molar-refractivity contribution < 1.29 is 17.9 Å². The Labute approximate surface area is 111 Å². The Hall–Kier alpha value is -1.45. The topological polar surface area (TPSA) is 127 Å². The van der Waals surface area contributed by atoms with Gasteiger partial charge in [-0.3, -0.25) is 9.89 Å². The summed E-state index contributed by atoms with van der Waals surface area (Å²) < 4.78 is 27.8. The number of H-pyrrole nitrogens is 1. The molecule has 0 saturated carbocycles. The highest BCUT2D eigenvalue weighted by atomic mass is 32.2. The minimum Gasteiger partial charge on any atom is -0.382 e. The van der Waals surface area contributed by atoms with Gasteiger partial charge in [-0.2, -0.15) is 5.10 Å². The fraction of sp³-hybridized carbons (Fsp3) is 0.600. The van der Waals surface area contributed by atoms with Gasteiger partial charge in [-0.05, 0) is 20.8 Å². The van der Waals surface area contributed by atoms with Gasteiger partial charge >= 0.3 is 0 Å². The molecule has 4 N–H and O–H groups in total. The van der Waals surface area contributed by atoms with E-state index in [1.54, 1.807) is 13.8 Å². The fourth-order valence-corrected chi connectivity index (χ4v) is 2.56. The average molecular weight is 290 g/mol. The van der Waals surface area contributed by atoms with Crippen LogP contribution in [0.4, 0.5) is 0 Å². The quantitative estimate of drug-likeness (QED) is 0.675. The molecule has 0 aliphatic heterocycles. The van der Waals surface area contributed by atoms with Crippen LogP contribution in [0.3, 0.4) is 0 Å². The van der Waals surface area contributed by atoms with Crippen LogP contribution in [-0.4, -0.2) is 43.8 Å². The molecule has 1 aromatic heterocycles. The first kappa shape index (κ1) is 15.6. The van der Waals surface area contributed by atoms with Gasteiger partial charge < -0.3 is 10.1 Å². The average Bonchev–Trinajstić information content (AvgIpc) is 2.58. The van der Waals surface area contributed by atoms with E-state index in [4.69, 9.17) is 9.88 Å². The van der Waals surface area contributed by atoms with Crippen molar-refractivity contribution in [3.63, 3.8) is 0 Å². The number of nitrogens with one attached hydrogen (secondary N) is 2. The molecule has 0 unspecified atom stereocenters. The van der Waals surface area contributed by atoms with Gasteiger partial charge in [0.25, 0.3) is 5.91 Å². The number of nitrogens with zero attached hydrogens (tertiary/aromatic N) is 1. The number of aromatic nitrogens is 2. The zero-order valence-corrected chi connectivity index (χ0v) is 12.1. The zero-order chi connectivity index (χ0) is 14.8. The number of carbonyl (C=O) groups is 1. The molecule has 0 aliphatic rings. The number of rotatable bonds is 5. The number of aromatic amines is 1. The predicted octanol–water partition coefficient (Wildman–Crippen LogP) is -0.480. The smallest absolute Gasteiger partial charge is 0.273 e. The maximum absolute atomic E-state index is 12.0. The van der Waals surface area contributed by atoms with Crippen LogP contribution in [0.25, 0.3) is 0 Å². The summed E-state index contributed by atoms with van der Waals surface area (Å²) in [6, 6.07) is 0. The first-order valence-corrected chi connectivity index (χ1v) is 7.02. The van der Waals surface area contributed by atoms with E-state index < -0.39 is 21.5 Å². The number of methoxy groups -OCH3 is 1. The third-order valence-electron chi connectivity index (χ3n) is 2.35. The van der Waals surface area contributed by atoms with Crippen molar-refractivity contribution in [2.24, 2.45) is 5.14 Å². The van der Waals surface area contributed by atoms with Crippen molar-refractivity contribution in [1.29, 1.82) is 0 Å².